The molecule has 0 aliphatic carbocycles. The van der Waals surface area contributed by atoms with Crippen LogP contribution in [0.25, 0.3) is 0 Å². The van der Waals surface area contributed by atoms with Crippen LogP contribution >= 0.6 is 0 Å². The highest BCUT2D eigenvalue weighted by Gasteiger charge is 2.44. The van der Waals surface area contributed by atoms with Gasteiger partial charge in [0.05, 0.1) is 6.61 Å². The molecule has 0 aromatic carbocycles. The minimum absolute atomic E-state index is 0.561. The standard InChI is InChI=1S/C18H40O3Si2/c1-14(2)18(21-22(9,10)11)19-12-13-20-23(15(3)4,16(5)6)17(7)8/h15-17H,12-13H2,1-11H3. The van der Waals surface area contributed by atoms with Crippen LogP contribution in [0.5, 0.6) is 0 Å². The Morgan fingerprint density at radius 2 is 1.22 bits per heavy atom. The fourth-order valence-corrected chi connectivity index (χ4v) is 9.66. The van der Waals surface area contributed by atoms with Crippen molar-refractivity contribution < 1.29 is 13.6 Å². The molecule has 0 unspecified atom stereocenters. The molecule has 23 heavy (non-hydrogen) atoms. The third-order valence-corrected chi connectivity index (χ3v) is 11.1. The summed E-state index contributed by atoms with van der Waals surface area (Å²) < 4.78 is 18.5. The van der Waals surface area contributed by atoms with E-state index >= 15 is 0 Å². The van der Waals surface area contributed by atoms with E-state index in [0.717, 1.165) is 5.57 Å². The van der Waals surface area contributed by atoms with Crippen molar-refractivity contribution in [1.82, 2.24) is 0 Å². The maximum atomic E-state index is 6.52. The first kappa shape index (κ1) is 22.7. The smallest absolute Gasteiger partial charge is 0.263 e. The molecule has 0 aromatic rings. The van der Waals surface area contributed by atoms with Crippen LogP contribution in [0.4, 0.5) is 0 Å². The first-order valence-electron chi connectivity index (χ1n) is 8.97. The van der Waals surface area contributed by atoms with E-state index in [4.69, 9.17) is 13.6 Å². The van der Waals surface area contributed by atoms with Gasteiger partial charge in [-0.25, -0.2) is 0 Å². The number of rotatable bonds is 10. The molecule has 5 heteroatoms. The normalized spacial score (nSPS) is 13.0. The molecule has 0 rings (SSSR count). The van der Waals surface area contributed by atoms with E-state index in [1.165, 1.54) is 0 Å². The summed E-state index contributed by atoms with van der Waals surface area (Å²) in [5.41, 5.74) is 2.89. The molecule has 0 radical (unpaired) electrons. The minimum Gasteiger partial charge on any atom is -0.520 e. The van der Waals surface area contributed by atoms with E-state index in [2.05, 4.69) is 61.2 Å². The molecule has 0 aliphatic heterocycles. The summed E-state index contributed by atoms with van der Waals surface area (Å²) in [6.45, 7) is 25.6. The quantitative estimate of drug-likeness (QED) is 0.260. The molecule has 0 bridgehead atoms. The van der Waals surface area contributed by atoms with Crippen molar-refractivity contribution in [3.8, 4) is 0 Å². The molecular formula is C18H40O3Si2. The number of hydrogen-bond donors (Lipinski definition) is 0. The molecule has 0 heterocycles. The van der Waals surface area contributed by atoms with Gasteiger partial charge in [-0.3, -0.25) is 0 Å². The summed E-state index contributed by atoms with van der Waals surface area (Å²) in [7, 11) is -3.45. The molecule has 0 fully saturated rings. The third kappa shape index (κ3) is 7.02. The van der Waals surface area contributed by atoms with Crippen LogP contribution in [-0.2, 0) is 13.6 Å². The Labute approximate surface area is 147 Å². The third-order valence-electron chi connectivity index (χ3n) is 4.18. The molecule has 0 aliphatic rings. The van der Waals surface area contributed by atoms with Gasteiger partial charge in [-0.2, -0.15) is 0 Å². The van der Waals surface area contributed by atoms with Gasteiger partial charge in [0.1, 0.15) is 6.61 Å². The van der Waals surface area contributed by atoms with Crippen molar-refractivity contribution in [1.29, 1.82) is 0 Å². The van der Waals surface area contributed by atoms with Crippen LogP contribution in [0.1, 0.15) is 55.4 Å². The Kier molecular flexibility index (Phi) is 9.17. The second kappa shape index (κ2) is 9.28. The molecule has 0 N–H and O–H groups in total. The SMILES string of the molecule is CC(C)=C(OCCO[Si](C(C)C)(C(C)C)C(C)C)O[Si](C)(C)C. The summed E-state index contributed by atoms with van der Waals surface area (Å²) in [5, 5.41) is 0. The minimum atomic E-state index is -1.80. The Bertz CT molecular complexity index is 356. The van der Waals surface area contributed by atoms with Gasteiger partial charge < -0.3 is 13.6 Å². The molecule has 0 aromatic heterocycles. The average molecular weight is 361 g/mol. The molecule has 0 saturated carbocycles. The van der Waals surface area contributed by atoms with E-state index in [-0.39, 0.29) is 0 Å². The largest absolute Gasteiger partial charge is 0.520 e. The highest BCUT2D eigenvalue weighted by atomic mass is 28.4. The summed E-state index contributed by atoms with van der Waals surface area (Å²) in [6.07, 6.45) is 0. The van der Waals surface area contributed by atoms with Crippen LogP contribution in [-0.4, -0.2) is 29.8 Å². The molecule has 0 saturated heterocycles. The van der Waals surface area contributed by atoms with Gasteiger partial charge in [-0.15, -0.1) is 0 Å². The fraction of sp³-hybridized carbons (Fsp3) is 0.889. The second-order valence-corrected chi connectivity index (χ2v) is 18.4. The van der Waals surface area contributed by atoms with Gasteiger partial charge in [-0.05, 0) is 50.1 Å². The predicted molar refractivity (Wildman–Crippen MR) is 106 cm³/mol. The number of ether oxygens (including phenoxy) is 1. The summed E-state index contributed by atoms with van der Waals surface area (Å²) in [6, 6.07) is 0. The Balaban J connectivity index is 4.76. The maximum absolute atomic E-state index is 6.52. The Morgan fingerprint density at radius 1 is 0.783 bits per heavy atom. The van der Waals surface area contributed by atoms with Gasteiger partial charge in [0.15, 0.2) is 8.32 Å². The van der Waals surface area contributed by atoms with Gasteiger partial charge in [0, 0.05) is 5.57 Å². The highest BCUT2D eigenvalue weighted by molar-refractivity contribution is 6.77. The summed E-state index contributed by atoms with van der Waals surface area (Å²) >= 11 is 0. The fourth-order valence-electron chi connectivity index (χ4n) is 3.41. The number of hydrogen-bond acceptors (Lipinski definition) is 3. The maximum Gasteiger partial charge on any atom is 0.263 e. The van der Waals surface area contributed by atoms with Crippen LogP contribution in [0.15, 0.2) is 11.5 Å². The van der Waals surface area contributed by atoms with Crippen LogP contribution in [0, 0.1) is 0 Å². The average Bonchev–Trinajstić information content (AvgIpc) is 2.34. The Hall–Kier alpha value is -0.266. The molecule has 3 nitrogen and oxygen atoms in total. The highest BCUT2D eigenvalue weighted by Crippen LogP contribution is 2.42. The van der Waals surface area contributed by atoms with Crippen molar-refractivity contribution in [2.45, 2.75) is 91.7 Å². The molecule has 0 spiro atoms. The van der Waals surface area contributed by atoms with Gasteiger partial charge in [0.2, 0.25) is 8.32 Å². The lowest BCUT2D eigenvalue weighted by molar-refractivity contribution is 0.0719. The van der Waals surface area contributed by atoms with E-state index in [9.17, 15) is 0 Å². The van der Waals surface area contributed by atoms with E-state index in [0.29, 0.717) is 35.8 Å². The Morgan fingerprint density at radius 3 is 1.52 bits per heavy atom. The molecular weight excluding hydrogens is 320 g/mol. The van der Waals surface area contributed by atoms with Crippen molar-refractivity contribution >= 4 is 16.6 Å². The molecule has 138 valence electrons. The summed E-state index contributed by atoms with van der Waals surface area (Å²) in [5.74, 6) is 0.693. The van der Waals surface area contributed by atoms with Crippen molar-refractivity contribution in [2.75, 3.05) is 13.2 Å². The monoisotopic (exact) mass is 360 g/mol. The lowest BCUT2D eigenvalue weighted by atomic mass is 10.4. The first-order valence-corrected chi connectivity index (χ1v) is 14.5. The second-order valence-electron chi connectivity index (χ2n) is 8.52. The zero-order valence-electron chi connectivity index (χ0n) is 17.4. The lowest BCUT2D eigenvalue weighted by Gasteiger charge is -2.42. The summed E-state index contributed by atoms with van der Waals surface area (Å²) in [4.78, 5) is 0. The van der Waals surface area contributed by atoms with Crippen LogP contribution < -0.4 is 0 Å². The van der Waals surface area contributed by atoms with Gasteiger partial charge in [0.25, 0.3) is 5.95 Å². The number of allylic oxidation sites excluding steroid dienone is 1. The van der Waals surface area contributed by atoms with E-state index < -0.39 is 16.6 Å². The zero-order valence-corrected chi connectivity index (χ0v) is 19.4. The van der Waals surface area contributed by atoms with Gasteiger partial charge in [-0.1, -0.05) is 41.5 Å². The van der Waals surface area contributed by atoms with Crippen molar-refractivity contribution in [3.63, 3.8) is 0 Å². The van der Waals surface area contributed by atoms with Crippen LogP contribution in [0.2, 0.25) is 36.3 Å². The van der Waals surface area contributed by atoms with Crippen molar-refractivity contribution in [3.05, 3.63) is 11.5 Å². The topological polar surface area (TPSA) is 27.7 Å². The van der Waals surface area contributed by atoms with Crippen molar-refractivity contribution in [2.24, 2.45) is 0 Å². The zero-order chi connectivity index (χ0) is 18.4. The van der Waals surface area contributed by atoms with E-state index in [1.807, 2.05) is 13.8 Å². The first-order chi connectivity index (χ1) is 10.3. The lowest BCUT2D eigenvalue weighted by Crippen LogP contribution is -2.48. The molecule has 0 atom stereocenters. The van der Waals surface area contributed by atoms with Gasteiger partial charge >= 0.3 is 0 Å². The van der Waals surface area contributed by atoms with Crippen LogP contribution in [0.3, 0.4) is 0 Å². The molecule has 0 amide bonds. The predicted octanol–water partition coefficient (Wildman–Crippen LogP) is 6.30. The van der Waals surface area contributed by atoms with E-state index in [1.54, 1.807) is 0 Å².